The van der Waals surface area contributed by atoms with Gasteiger partial charge in [-0.3, -0.25) is 0 Å². The largest absolute Gasteiger partial charge is 0.347 e. The third-order valence-corrected chi connectivity index (χ3v) is 2.55. The maximum Gasteiger partial charge on any atom is 0.141 e. The normalized spacial score (nSPS) is 10.7. The van der Waals surface area contributed by atoms with Gasteiger partial charge in [-0.2, -0.15) is 0 Å². The first-order valence-corrected chi connectivity index (χ1v) is 5.22. The fraction of sp³-hybridized carbons (Fsp3) is 0.182. The van der Waals surface area contributed by atoms with E-state index in [4.69, 9.17) is 11.6 Å². The Morgan fingerprint density at radius 1 is 1.50 bits per heavy atom. The van der Waals surface area contributed by atoms with Crippen LogP contribution in [0.4, 0.5) is 4.39 Å². The Morgan fingerprint density at radius 2 is 2.31 bits per heavy atom. The van der Waals surface area contributed by atoms with E-state index < -0.39 is 5.82 Å². The van der Waals surface area contributed by atoms with Gasteiger partial charge in [0, 0.05) is 12.1 Å². The van der Waals surface area contributed by atoms with Crippen LogP contribution < -0.4 is 5.32 Å². The summed E-state index contributed by atoms with van der Waals surface area (Å²) in [5, 5.41) is 3.14. The lowest BCUT2D eigenvalue weighted by molar-refractivity contribution is 0.628. The van der Waals surface area contributed by atoms with Gasteiger partial charge >= 0.3 is 0 Å². The Labute approximate surface area is 97.7 Å². The second-order valence-corrected chi connectivity index (χ2v) is 3.80. The van der Waals surface area contributed by atoms with E-state index in [-0.39, 0.29) is 5.02 Å². The minimum Gasteiger partial charge on any atom is -0.347 e. The van der Waals surface area contributed by atoms with E-state index in [1.165, 1.54) is 6.07 Å². The van der Waals surface area contributed by atoms with Crippen molar-refractivity contribution in [2.75, 3.05) is 7.05 Å². The zero-order chi connectivity index (χ0) is 11.5. The summed E-state index contributed by atoms with van der Waals surface area (Å²) in [6.45, 7) is 0.671. The third-order valence-electron chi connectivity index (χ3n) is 2.26. The molecular formula is C11H11ClFN3. The topological polar surface area (TPSA) is 40.7 Å². The van der Waals surface area contributed by atoms with E-state index in [0.717, 1.165) is 17.0 Å². The van der Waals surface area contributed by atoms with E-state index in [1.807, 2.05) is 7.05 Å². The van der Waals surface area contributed by atoms with Gasteiger partial charge in [-0.25, -0.2) is 9.37 Å². The van der Waals surface area contributed by atoms with E-state index in [9.17, 15) is 4.39 Å². The zero-order valence-electron chi connectivity index (χ0n) is 8.72. The highest BCUT2D eigenvalue weighted by Gasteiger charge is 2.09. The van der Waals surface area contributed by atoms with Gasteiger partial charge in [0.15, 0.2) is 0 Å². The molecule has 0 atom stereocenters. The van der Waals surface area contributed by atoms with Gasteiger partial charge in [-0.05, 0) is 25.2 Å². The van der Waals surface area contributed by atoms with Crippen LogP contribution in [0, 0.1) is 5.82 Å². The summed E-state index contributed by atoms with van der Waals surface area (Å²) in [4.78, 5) is 7.23. The second kappa shape index (κ2) is 4.63. The Bertz CT molecular complexity index is 496. The van der Waals surface area contributed by atoms with Crippen LogP contribution in [-0.2, 0) is 6.54 Å². The highest BCUT2D eigenvalue weighted by atomic mass is 35.5. The summed E-state index contributed by atoms with van der Waals surface area (Å²) in [6, 6.07) is 4.58. The van der Waals surface area contributed by atoms with Crippen molar-refractivity contribution in [2.45, 2.75) is 6.54 Å². The first kappa shape index (κ1) is 11.1. The summed E-state index contributed by atoms with van der Waals surface area (Å²) < 4.78 is 13.0. The lowest BCUT2D eigenvalue weighted by Gasteiger charge is -2.03. The van der Waals surface area contributed by atoms with Crippen molar-refractivity contribution in [3.8, 4) is 11.3 Å². The molecule has 16 heavy (non-hydrogen) atoms. The molecule has 0 aliphatic carbocycles. The van der Waals surface area contributed by atoms with Gasteiger partial charge in [0.25, 0.3) is 0 Å². The SMILES string of the molecule is CNCc1[nH]cnc1-c1ccc(F)c(Cl)c1. The van der Waals surface area contributed by atoms with Gasteiger partial charge in [-0.1, -0.05) is 11.6 Å². The summed E-state index contributed by atoms with van der Waals surface area (Å²) in [5.41, 5.74) is 2.54. The second-order valence-electron chi connectivity index (χ2n) is 3.39. The Hall–Kier alpha value is -1.39. The van der Waals surface area contributed by atoms with E-state index in [2.05, 4.69) is 15.3 Å². The summed E-state index contributed by atoms with van der Waals surface area (Å²) in [7, 11) is 1.85. The molecule has 0 fully saturated rings. The molecular weight excluding hydrogens is 229 g/mol. The maximum absolute atomic E-state index is 13.0. The number of nitrogens with zero attached hydrogens (tertiary/aromatic N) is 1. The van der Waals surface area contributed by atoms with Gasteiger partial charge < -0.3 is 10.3 Å². The number of rotatable bonds is 3. The Morgan fingerprint density at radius 3 is 3.00 bits per heavy atom. The number of H-pyrrole nitrogens is 1. The number of aromatic amines is 1. The van der Waals surface area contributed by atoms with Crippen LogP contribution in [-0.4, -0.2) is 17.0 Å². The molecule has 1 heterocycles. The van der Waals surface area contributed by atoms with E-state index >= 15 is 0 Å². The van der Waals surface area contributed by atoms with Crippen LogP contribution in [0.15, 0.2) is 24.5 Å². The van der Waals surface area contributed by atoms with Gasteiger partial charge in [0.05, 0.1) is 22.7 Å². The van der Waals surface area contributed by atoms with Gasteiger partial charge in [0.1, 0.15) is 5.82 Å². The molecule has 0 aliphatic heterocycles. The monoisotopic (exact) mass is 239 g/mol. The molecule has 0 aliphatic rings. The highest BCUT2D eigenvalue weighted by molar-refractivity contribution is 6.31. The molecule has 2 aromatic rings. The van der Waals surface area contributed by atoms with Crippen LogP contribution in [0.25, 0.3) is 11.3 Å². The van der Waals surface area contributed by atoms with Gasteiger partial charge in [-0.15, -0.1) is 0 Å². The van der Waals surface area contributed by atoms with Crippen molar-refractivity contribution in [2.24, 2.45) is 0 Å². The number of hydrogen-bond acceptors (Lipinski definition) is 2. The highest BCUT2D eigenvalue weighted by Crippen LogP contribution is 2.25. The molecule has 0 saturated carbocycles. The quantitative estimate of drug-likeness (QED) is 0.865. The number of aromatic nitrogens is 2. The Kier molecular flexibility index (Phi) is 3.22. The average molecular weight is 240 g/mol. The van der Waals surface area contributed by atoms with Crippen LogP contribution in [0.3, 0.4) is 0 Å². The number of nitrogens with one attached hydrogen (secondary N) is 2. The summed E-state index contributed by atoms with van der Waals surface area (Å²) in [6.07, 6.45) is 1.61. The molecule has 1 aromatic heterocycles. The first-order chi connectivity index (χ1) is 7.72. The molecule has 0 radical (unpaired) electrons. The fourth-order valence-corrected chi connectivity index (χ4v) is 1.71. The minimum atomic E-state index is -0.420. The van der Waals surface area contributed by atoms with Crippen LogP contribution >= 0.6 is 11.6 Å². The standard InChI is InChI=1S/C11H11ClFN3/c1-14-5-10-11(16-6-15-10)7-2-3-9(13)8(12)4-7/h2-4,6,14H,5H2,1H3,(H,15,16). The Balaban J connectivity index is 2.42. The molecule has 0 bridgehead atoms. The molecule has 0 saturated heterocycles. The van der Waals surface area contributed by atoms with E-state index in [1.54, 1.807) is 18.5 Å². The molecule has 5 heteroatoms. The predicted octanol–water partition coefficient (Wildman–Crippen LogP) is 2.59. The fourth-order valence-electron chi connectivity index (χ4n) is 1.52. The van der Waals surface area contributed by atoms with E-state index in [0.29, 0.717) is 6.54 Å². The molecule has 2 rings (SSSR count). The van der Waals surface area contributed by atoms with Crippen LogP contribution in [0.1, 0.15) is 5.69 Å². The van der Waals surface area contributed by atoms with Crippen LogP contribution in [0.2, 0.25) is 5.02 Å². The van der Waals surface area contributed by atoms with Crippen molar-refractivity contribution in [1.82, 2.24) is 15.3 Å². The smallest absolute Gasteiger partial charge is 0.141 e. The number of imidazole rings is 1. The van der Waals surface area contributed by atoms with Crippen molar-refractivity contribution < 1.29 is 4.39 Å². The molecule has 3 nitrogen and oxygen atoms in total. The molecule has 0 unspecified atom stereocenters. The summed E-state index contributed by atoms with van der Waals surface area (Å²) >= 11 is 5.73. The van der Waals surface area contributed by atoms with Crippen LogP contribution in [0.5, 0.6) is 0 Å². The number of hydrogen-bond donors (Lipinski definition) is 2. The van der Waals surface area contributed by atoms with Crippen molar-refractivity contribution in [3.63, 3.8) is 0 Å². The number of halogens is 2. The zero-order valence-corrected chi connectivity index (χ0v) is 9.48. The lowest BCUT2D eigenvalue weighted by atomic mass is 10.1. The molecule has 84 valence electrons. The first-order valence-electron chi connectivity index (χ1n) is 4.84. The third kappa shape index (κ3) is 2.08. The van der Waals surface area contributed by atoms with Crippen molar-refractivity contribution >= 4 is 11.6 Å². The molecule has 1 aromatic carbocycles. The van der Waals surface area contributed by atoms with Crippen molar-refractivity contribution in [3.05, 3.63) is 41.1 Å². The predicted molar refractivity (Wildman–Crippen MR) is 61.8 cm³/mol. The van der Waals surface area contributed by atoms with Crippen molar-refractivity contribution in [1.29, 1.82) is 0 Å². The lowest BCUT2D eigenvalue weighted by Crippen LogP contribution is -2.06. The molecule has 2 N–H and O–H groups in total. The maximum atomic E-state index is 13.0. The van der Waals surface area contributed by atoms with Gasteiger partial charge in [0.2, 0.25) is 0 Å². The average Bonchev–Trinajstić information content (AvgIpc) is 2.71. The minimum absolute atomic E-state index is 0.107. The molecule has 0 amide bonds. The molecule has 0 spiro atoms. The summed E-state index contributed by atoms with van der Waals surface area (Å²) in [5.74, 6) is -0.420. The number of benzene rings is 1.